The molecular weight excluding hydrogens is 316 g/mol. The molecule has 0 aliphatic rings. The summed E-state index contributed by atoms with van der Waals surface area (Å²) in [5.74, 6) is 1.19. The molecule has 7 nitrogen and oxygen atoms in total. The number of rotatable bonds is 5. The summed E-state index contributed by atoms with van der Waals surface area (Å²) in [6, 6.07) is 11.9. The Hall–Kier alpha value is -2.87. The summed E-state index contributed by atoms with van der Waals surface area (Å²) in [5.41, 5.74) is 0.441. The second kappa shape index (κ2) is 6.09. The summed E-state index contributed by atoms with van der Waals surface area (Å²) in [6.45, 7) is 0. The maximum absolute atomic E-state index is 12.4. The van der Waals surface area contributed by atoms with Gasteiger partial charge in [0.25, 0.3) is 10.0 Å². The van der Waals surface area contributed by atoms with Crippen molar-refractivity contribution in [1.82, 2.24) is 14.8 Å². The molecule has 2 heterocycles. The maximum Gasteiger partial charge on any atom is 0.265 e. The van der Waals surface area contributed by atoms with Gasteiger partial charge in [0.05, 0.1) is 19.5 Å². The van der Waals surface area contributed by atoms with E-state index in [2.05, 4.69) is 14.8 Å². The number of methoxy groups -OCH3 is 1. The third kappa shape index (κ3) is 3.32. The molecule has 0 saturated carbocycles. The molecule has 0 aliphatic heterocycles. The van der Waals surface area contributed by atoms with Gasteiger partial charge in [0.2, 0.25) is 0 Å². The number of anilines is 1. The molecule has 0 fully saturated rings. The molecule has 0 unspecified atom stereocenters. The number of nitrogens with one attached hydrogen (secondary N) is 1. The van der Waals surface area contributed by atoms with E-state index < -0.39 is 10.0 Å². The molecule has 1 N–H and O–H groups in total. The molecule has 8 heteroatoms. The number of sulfonamides is 1. The first-order chi connectivity index (χ1) is 11.1. The highest BCUT2D eigenvalue weighted by Crippen LogP contribution is 2.19. The summed E-state index contributed by atoms with van der Waals surface area (Å²) < 4.78 is 33.7. The van der Waals surface area contributed by atoms with E-state index >= 15 is 0 Å². The fourth-order valence-corrected chi connectivity index (χ4v) is 2.92. The Kier molecular flexibility index (Phi) is 3.98. The van der Waals surface area contributed by atoms with Crippen LogP contribution in [-0.2, 0) is 10.0 Å². The molecule has 3 rings (SSSR count). The lowest BCUT2D eigenvalue weighted by atomic mass is 10.3. The molecule has 0 saturated heterocycles. The topological polar surface area (TPSA) is 86.1 Å². The standard InChI is InChI=1S/C15H14N4O3S/c1-22-13-7-5-12(6-8-13)18-23(20,21)14-10-17-19(11-14)15-4-2-3-9-16-15/h2-11,18H,1H3. The highest BCUT2D eigenvalue weighted by atomic mass is 32.2. The van der Waals surface area contributed by atoms with E-state index in [1.807, 2.05) is 0 Å². The van der Waals surface area contributed by atoms with Gasteiger partial charge in [0.15, 0.2) is 5.82 Å². The fraction of sp³-hybridized carbons (Fsp3) is 0.0667. The van der Waals surface area contributed by atoms with Crippen LogP contribution in [0.25, 0.3) is 5.82 Å². The van der Waals surface area contributed by atoms with Crippen LogP contribution in [0.15, 0.2) is 66.0 Å². The Labute approximate surface area is 133 Å². The van der Waals surface area contributed by atoms with E-state index in [4.69, 9.17) is 4.74 Å². The van der Waals surface area contributed by atoms with Gasteiger partial charge >= 0.3 is 0 Å². The first-order valence-corrected chi connectivity index (χ1v) is 8.20. The number of ether oxygens (including phenoxy) is 1. The van der Waals surface area contributed by atoms with Crippen LogP contribution >= 0.6 is 0 Å². The predicted molar refractivity (Wildman–Crippen MR) is 85.2 cm³/mol. The van der Waals surface area contributed by atoms with Crippen molar-refractivity contribution in [3.05, 3.63) is 61.1 Å². The Morgan fingerprint density at radius 1 is 1.13 bits per heavy atom. The quantitative estimate of drug-likeness (QED) is 0.774. The minimum atomic E-state index is -3.72. The Bertz CT molecular complexity index is 890. The van der Waals surface area contributed by atoms with Crippen molar-refractivity contribution in [3.8, 4) is 11.6 Å². The van der Waals surface area contributed by atoms with Crippen molar-refractivity contribution in [2.24, 2.45) is 0 Å². The summed E-state index contributed by atoms with van der Waals surface area (Å²) in [4.78, 5) is 4.17. The van der Waals surface area contributed by atoms with Gasteiger partial charge in [-0.15, -0.1) is 0 Å². The van der Waals surface area contributed by atoms with Crippen LogP contribution in [0.5, 0.6) is 5.75 Å². The van der Waals surface area contributed by atoms with Gasteiger partial charge < -0.3 is 4.74 Å². The zero-order valence-electron chi connectivity index (χ0n) is 12.2. The van der Waals surface area contributed by atoms with Crippen LogP contribution in [-0.4, -0.2) is 30.3 Å². The van der Waals surface area contributed by atoms with Crippen LogP contribution in [0, 0.1) is 0 Å². The van der Waals surface area contributed by atoms with Crippen LogP contribution < -0.4 is 9.46 Å². The largest absolute Gasteiger partial charge is 0.497 e. The molecule has 3 aromatic rings. The molecule has 0 amide bonds. The van der Waals surface area contributed by atoms with E-state index in [0.29, 0.717) is 17.3 Å². The van der Waals surface area contributed by atoms with E-state index in [9.17, 15) is 8.42 Å². The first kappa shape index (κ1) is 15.0. The number of aromatic nitrogens is 3. The van der Waals surface area contributed by atoms with Crippen molar-refractivity contribution in [1.29, 1.82) is 0 Å². The number of nitrogens with zero attached hydrogens (tertiary/aromatic N) is 3. The van der Waals surface area contributed by atoms with Crippen molar-refractivity contribution < 1.29 is 13.2 Å². The zero-order chi connectivity index (χ0) is 16.3. The Morgan fingerprint density at radius 3 is 2.57 bits per heavy atom. The van der Waals surface area contributed by atoms with Gasteiger partial charge in [-0.3, -0.25) is 4.72 Å². The summed E-state index contributed by atoms with van der Waals surface area (Å²) >= 11 is 0. The number of hydrogen-bond acceptors (Lipinski definition) is 5. The number of pyridine rings is 1. The minimum absolute atomic E-state index is 0.0546. The Balaban J connectivity index is 1.83. The van der Waals surface area contributed by atoms with E-state index in [1.165, 1.54) is 17.1 Å². The normalized spacial score (nSPS) is 11.2. The molecule has 23 heavy (non-hydrogen) atoms. The molecule has 0 spiro atoms. The van der Waals surface area contributed by atoms with Crippen molar-refractivity contribution in [2.45, 2.75) is 4.90 Å². The molecule has 0 aliphatic carbocycles. The number of benzene rings is 1. The second-order valence-electron chi connectivity index (χ2n) is 4.64. The molecule has 0 bridgehead atoms. The van der Waals surface area contributed by atoms with Crippen molar-refractivity contribution in [2.75, 3.05) is 11.8 Å². The maximum atomic E-state index is 12.4. The van der Waals surface area contributed by atoms with Gasteiger partial charge in [0, 0.05) is 11.9 Å². The third-order valence-corrected chi connectivity index (χ3v) is 4.43. The van der Waals surface area contributed by atoms with Crippen molar-refractivity contribution in [3.63, 3.8) is 0 Å². The van der Waals surface area contributed by atoms with Crippen molar-refractivity contribution >= 4 is 15.7 Å². The zero-order valence-corrected chi connectivity index (χ0v) is 13.1. The summed E-state index contributed by atoms with van der Waals surface area (Å²) in [6.07, 6.45) is 4.30. The lowest BCUT2D eigenvalue weighted by Crippen LogP contribution is -2.12. The van der Waals surface area contributed by atoms with Crippen LogP contribution in [0.3, 0.4) is 0 Å². The molecule has 0 atom stereocenters. The fourth-order valence-electron chi connectivity index (χ4n) is 1.93. The molecule has 118 valence electrons. The SMILES string of the molecule is COc1ccc(NS(=O)(=O)c2cnn(-c3ccccn3)c2)cc1. The monoisotopic (exact) mass is 330 g/mol. The first-order valence-electron chi connectivity index (χ1n) is 6.71. The lowest BCUT2D eigenvalue weighted by Gasteiger charge is -2.07. The average Bonchev–Trinajstić information content (AvgIpc) is 3.07. The van der Waals surface area contributed by atoms with E-state index in [1.54, 1.807) is 55.8 Å². The minimum Gasteiger partial charge on any atom is -0.497 e. The van der Waals surface area contributed by atoms with Crippen LogP contribution in [0.1, 0.15) is 0 Å². The van der Waals surface area contributed by atoms with Gasteiger partial charge in [-0.25, -0.2) is 18.1 Å². The van der Waals surface area contributed by atoms with E-state index in [0.717, 1.165) is 0 Å². The smallest absolute Gasteiger partial charge is 0.265 e. The van der Waals surface area contributed by atoms with Gasteiger partial charge in [-0.05, 0) is 36.4 Å². The molecule has 2 aromatic heterocycles. The Morgan fingerprint density at radius 2 is 1.91 bits per heavy atom. The second-order valence-corrected chi connectivity index (χ2v) is 6.32. The predicted octanol–water partition coefficient (Wildman–Crippen LogP) is 2.08. The highest BCUT2D eigenvalue weighted by molar-refractivity contribution is 7.92. The van der Waals surface area contributed by atoms with Crippen LogP contribution in [0.4, 0.5) is 5.69 Å². The van der Waals surface area contributed by atoms with Gasteiger partial charge in [0.1, 0.15) is 10.6 Å². The lowest BCUT2D eigenvalue weighted by molar-refractivity contribution is 0.415. The number of hydrogen-bond donors (Lipinski definition) is 1. The summed E-state index contributed by atoms with van der Waals surface area (Å²) in [5, 5.41) is 4.04. The summed E-state index contributed by atoms with van der Waals surface area (Å²) in [7, 11) is -2.18. The van der Waals surface area contributed by atoms with E-state index in [-0.39, 0.29) is 4.90 Å². The molecular formula is C15H14N4O3S. The van der Waals surface area contributed by atoms with Gasteiger partial charge in [-0.2, -0.15) is 5.10 Å². The molecule has 0 radical (unpaired) electrons. The average molecular weight is 330 g/mol. The van der Waals surface area contributed by atoms with Crippen LogP contribution in [0.2, 0.25) is 0 Å². The third-order valence-electron chi connectivity index (χ3n) is 3.10. The highest BCUT2D eigenvalue weighted by Gasteiger charge is 2.17. The molecule has 1 aromatic carbocycles. The van der Waals surface area contributed by atoms with Gasteiger partial charge in [-0.1, -0.05) is 6.07 Å².